The lowest BCUT2D eigenvalue weighted by atomic mass is 10.2. The van der Waals surface area contributed by atoms with Gasteiger partial charge in [-0.25, -0.2) is 4.79 Å². The summed E-state index contributed by atoms with van der Waals surface area (Å²) in [6.07, 6.45) is 0.675. The van der Waals surface area contributed by atoms with Crippen molar-refractivity contribution in [3.8, 4) is 0 Å². The molecule has 1 atom stereocenters. The van der Waals surface area contributed by atoms with Crippen LogP contribution in [-0.4, -0.2) is 23.4 Å². The van der Waals surface area contributed by atoms with Crippen LogP contribution >= 0.6 is 0 Å². The van der Waals surface area contributed by atoms with Gasteiger partial charge in [0.2, 0.25) is 0 Å². The minimum Gasteiger partial charge on any atom is -0.481 e. The molecule has 0 fully saturated rings. The van der Waals surface area contributed by atoms with Gasteiger partial charge < -0.3 is 14.6 Å². The van der Waals surface area contributed by atoms with Crippen molar-refractivity contribution in [2.24, 2.45) is 0 Å². The average Bonchev–Trinajstić information content (AvgIpc) is 2.69. The van der Waals surface area contributed by atoms with Gasteiger partial charge in [0.1, 0.15) is 12.8 Å². The Morgan fingerprint density at radius 2 is 1.48 bits per heavy atom. The summed E-state index contributed by atoms with van der Waals surface area (Å²) in [5.41, 5.74) is 1.89. The third kappa shape index (κ3) is 8.87. The normalized spacial score (nSPS) is 11.6. The minimum atomic E-state index is -0.827. The molecule has 144 valence electrons. The summed E-state index contributed by atoms with van der Waals surface area (Å²) in [4.78, 5) is 22.7. The van der Waals surface area contributed by atoms with Crippen LogP contribution in [0.3, 0.4) is 0 Å². The maximum atomic E-state index is 12.1. The topological polar surface area (TPSA) is 84.9 Å². The fourth-order valence-electron chi connectivity index (χ4n) is 2.47. The van der Waals surface area contributed by atoms with E-state index in [4.69, 9.17) is 14.6 Å². The molecule has 6 heteroatoms. The number of unbranched alkanes of at least 4 members (excludes halogenated alkanes) is 1. The molecule has 0 spiro atoms. The highest BCUT2D eigenvalue weighted by Gasteiger charge is 2.14. The number of carboxylic acids is 1. The van der Waals surface area contributed by atoms with Crippen LogP contribution in [0.15, 0.2) is 60.7 Å². The van der Waals surface area contributed by atoms with Crippen molar-refractivity contribution >= 4 is 12.1 Å². The molecule has 2 N–H and O–H groups in total. The van der Waals surface area contributed by atoms with Gasteiger partial charge >= 0.3 is 12.1 Å². The first kappa shape index (κ1) is 20.5. The molecule has 0 aliphatic rings. The number of ether oxygens (including phenoxy) is 2. The van der Waals surface area contributed by atoms with Gasteiger partial charge in [-0.3, -0.25) is 10.1 Å². The number of carbonyl (C=O) groups excluding carboxylic acids is 1. The summed E-state index contributed by atoms with van der Waals surface area (Å²) in [5.74, 6) is -0.827. The molecule has 2 aromatic carbocycles. The predicted molar refractivity (Wildman–Crippen MR) is 101 cm³/mol. The van der Waals surface area contributed by atoms with Crippen molar-refractivity contribution < 1.29 is 24.2 Å². The van der Waals surface area contributed by atoms with E-state index < -0.39 is 18.3 Å². The van der Waals surface area contributed by atoms with E-state index in [9.17, 15) is 9.59 Å². The number of amides is 1. The van der Waals surface area contributed by atoms with Crippen LogP contribution in [0, 0.1) is 0 Å². The van der Waals surface area contributed by atoms with Crippen LogP contribution in [0.2, 0.25) is 0 Å². The lowest BCUT2D eigenvalue weighted by molar-refractivity contribution is -0.137. The van der Waals surface area contributed by atoms with Gasteiger partial charge in [-0.05, 0) is 30.4 Å². The summed E-state index contributed by atoms with van der Waals surface area (Å²) in [5, 5.41) is 11.4. The molecule has 0 radical (unpaired) electrons. The van der Waals surface area contributed by atoms with Gasteiger partial charge in [-0.2, -0.15) is 0 Å². The Morgan fingerprint density at radius 1 is 0.889 bits per heavy atom. The molecular weight excluding hydrogens is 346 g/mol. The predicted octanol–water partition coefficient (Wildman–Crippen LogP) is 4.10. The van der Waals surface area contributed by atoms with E-state index in [1.165, 1.54) is 0 Å². The Bertz CT molecular complexity index is 690. The van der Waals surface area contributed by atoms with Crippen LogP contribution in [0.1, 0.15) is 36.8 Å². The van der Waals surface area contributed by atoms with Gasteiger partial charge in [0, 0.05) is 6.42 Å². The van der Waals surface area contributed by atoms with Gasteiger partial charge in [0.25, 0.3) is 0 Å². The molecule has 27 heavy (non-hydrogen) atoms. The molecule has 2 rings (SSSR count). The lowest BCUT2D eigenvalue weighted by Gasteiger charge is -2.19. The number of benzene rings is 2. The van der Waals surface area contributed by atoms with Gasteiger partial charge in [-0.1, -0.05) is 60.7 Å². The molecule has 0 aliphatic carbocycles. The van der Waals surface area contributed by atoms with E-state index in [1.54, 1.807) is 0 Å². The molecule has 0 heterocycles. The fraction of sp³-hybridized carbons (Fsp3) is 0.333. The molecule has 6 nitrogen and oxygen atoms in total. The quantitative estimate of drug-likeness (QED) is 0.459. The number of rotatable bonds is 11. The van der Waals surface area contributed by atoms with Crippen molar-refractivity contribution in [1.29, 1.82) is 0 Å². The van der Waals surface area contributed by atoms with Crippen LogP contribution < -0.4 is 5.32 Å². The monoisotopic (exact) mass is 371 g/mol. The van der Waals surface area contributed by atoms with Gasteiger partial charge in [0.05, 0.1) is 6.61 Å². The molecule has 0 saturated carbocycles. The van der Waals surface area contributed by atoms with E-state index in [0.29, 0.717) is 25.9 Å². The fourth-order valence-corrected chi connectivity index (χ4v) is 2.47. The second-order valence-electron chi connectivity index (χ2n) is 6.13. The Kier molecular flexibility index (Phi) is 8.86. The molecule has 2 aromatic rings. The number of carboxylic acid groups (broad SMARTS) is 1. The highest BCUT2D eigenvalue weighted by Crippen LogP contribution is 2.10. The SMILES string of the molecule is O=C(O)CCCCC(NC(=O)OCc1ccccc1)OCc1ccccc1. The zero-order valence-corrected chi connectivity index (χ0v) is 15.2. The number of carbonyl (C=O) groups is 2. The van der Waals surface area contributed by atoms with Crippen LogP contribution in [-0.2, 0) is 27.5 Å². The molecule has 0 aliphatic heterocycles. The van der Waals surface area contributed by atoms with Crippen molar-refractivity contribution in [3.05, 3.63) is 71.8 Å². The largest absolute Gasteiger partial charge is 0.481 e. The second kappa shape index (κ2) is 11.7. The summed E-state index contributed by atoms with van der Waals surface area (Å²) in [7, 11) is 0. The Morgan fingerprint density at radius 3 is 2.07 bits per heavy atom. The molecule has 0 saturated heterocycles. The van der Waals surface area contributed by atoms with Crippen LogP contribution in [0.5, 0.6) is 0 Å². The van der Waals surface area contributed by atoms with Crippen LogP contribution in [0.25, 0.3) is 0 Å². The smallest absolute Gasteiger partial charge is 0.409 e. The number of aliphatic carboxylic acids is 1. The Labute approximate surface area is 159 Å². The first-order valence-electron chi connectivity index (χ1n) is 8.98. The van der Waals surface area contributed by atoms with Crippen molar-refractivity contribution in [1.82, 2.24) is 5.32 Å². The molecule has 1 unspecified atom stereocenters. The Hall–Kier alpha value is -2.86. The zero-order chi connectivity index (χ0) is 19.3. The van der Waals surface area contributed by atoms with Crippen molar-refractivity contribution in [2.75, 3.05) is 0 Å². The summed E-state index contributed by atoms with van der Waals surface area (Å²) in [6, 6.07) is 19.1. The number of nitrogens with one attached hydrogen (secondary N) is 1. The Balaban J connectivity index is 1.81. The van der Waals surface area contributed by atoms with Crippen molar-refractivity contribution in [2.45, 2.75) is 45.1 Å². The molecule has 0 bridgehead atoms. The van der Waals surface area contributed by atoms with Crippen LogP contribution in [0.4, 0.5) is 4.79 Å². The maximum absolute atomic E-state index is 12.1. The lowest BCUT2D eigenvalue weighted by Crippen LogP contribution is -2.37. The number of hydrogen-bond donors (Lipinski definition) is 2. The average molecular weight is 371 g/mol. The summed E-state index contributed by atoms with van der Waals surface area (Å²) < 4.78 is 11.0. The minimum absolute atomic E-state index is 0.101. The first-order valence-corrected chi connectivity index (χ1v) is 8.98. The summed E-state index contributed by atoms with van der Waals surface area (Å²) >= 11 is 0. The molecule has 1 amide bonds. The zero-order valence-electron chi connectivity index (χ0n) is 15.2. The second-order valence-corrected chi connectivity index (χ2v) is 6.13. The standard InChI is InChI=1S/C21H25NO5/c23-20(24)14-8-7-13-19(26-15-17-9-3-1-4-10-17)22-21(25)27-16-18-11-5-2-6-12-18/h1-6,9-12,19H,7-8,13-16H2,(H,22,25)(H,23,24). The third-order valence-corrected chi connectivity index (χ3v) is 3.89. The van der Waals surface area contributed by atoms with E-state index in [-0.39, 0.29) is 13.0 Å². The number of hydrogen-bond acceptors (Lipinski definition) is 4. The highest BCUT2D eigenvalue weighted by atomic mass is 16.6. The maximum Gasteiger partial charge on any atom is 0.409 e. The first-order chi connectivity index (χ1) is 13.1. The highest BCUT2D eigenvalue weighted by molar-refractivity contribution is 5.67. The van der Waals surface area contributed by atoms with E-state index >= 15 is 0 Å². The van der Waals surface area contributed by atoms with E-state index in [0.717, 1.165) is 11.1 Å². The third-order valence-electron chi connectivity index (χ3n) is 3.89. The summed E-state index contributed by atoms with van der Waals surface area (Å²) in [6.45, 7) is 0.528. The molecular formula is C21H25NO5. The molecule has 0 aromatic heterocycles. The van der Waals surface area contributed by atoms with Crippen molar-refractivity contribution in [3.63, 3.8) is 0 Å². The van der Waals surface area contributed by atoms with Gasteiger partial charge in [-0.15, -0.1) is 0 Å². The van der Waals surface area contributed by atoms with E-state index in [1.807, 2.05) is 60.7 Å². The van der Waals surface area contributed by atoms with E-state index in [2.05, 4.69) is 5.32 Å². The number of alkyl carbamates (subject to hydrolysis) is 1. The van der Waals surface area contributed by atoms with Gasteiger partial charge in [0.15, 0.2) is 0 Å².